The van der Waals surface area contributed by atoms with Crippen molar-refractivity contribution in [3.8, 4) is 11.5 Å². The zero-order chi connectivity index (χ0) is 15.8. The van der Waals surface area contributed by atoms with Crippen molar-refractivity contribution in [3.05, 3.63) is 42.0 Å². The van der Waals surface area contributed by atoms with Crippen LogP contribution in [0.1, 0.15) is 12.5 Å². The maximum absolute atomic E-state index is 11.6. The van der Waals surface area contributed by atoms with Crippen LogP contribution < -0.4 is 19.7 Å². The lowest BCUT2D eigenvalue weighted by Crippen LogP contribution is -2.25. The molecule has 0 aromatic heterocycles. The fourth-order valence-electron chi connectivity index (χ4n) is 3.09. The van der Waals surface area contributed by atoms with Gasteiger partial charge < -0.3 is 19.7 Å². The Morgan fingerprint density at radius 2 is 1.78 bits per heavy atom. The molecule has 4 rings (SSSR count). The molecule has 0 spiro atoms. The van der Waals surface area contributed by atoms with Crippen LogP contribution in [-0.2, 0) is 11.2 Å². The third kappa shape index (κ3) is 2.59. The van der Waals surface area contributed by atoms with Gasteiger partial charge in [-0.05, 0) is 42.3 Å². The van der Waals surface area contributed by atoms with Crippen LogP contribution in [0, 0.1) is 0 Å². The Kier molecular flexibility index (Phi) is 3.33. The SMILES string of the molecule is CC(=O)N1CCc2cc(Nc3ccc4c(c3)OCCO4)ccc21. The van der Waals surface area contributed by atoms with Gasteiger partial charge in [0.2, 0.25) is 5.91 Å². The maximum Gasteiger partial charge on any atom is 0.223 e. The molecule has 2 aliphatic heterocycles. The minimum absolute atomic E-state index is 0.0938. The van der Waals surface area contributed by atoms with E-state index in [0.717, 1.165) is 41.5 Å². The fourth-order valence-corrected chi connectivity index (χ4v) is 3.09. The van der Waals surface area contributed by atoms with Crippen molar-refractivity contribution in [1.82, 2.24) is 0 Å². The molecule has 0 bridgehead atoms. The van der Waals surface area contributed by atoms with Crippen molar-refractivity contribution in [2.75, 3.05) is 30.0 Å². The highest BCUT2D eigenvalue weighted by Crippen LogP contribution is 2.35. The number of nitrogens with zero attached hydrogens (tertiary/aromatic N) is 1. The summed E-state index contributed by atoms with van der Waals surface area (Å²) < 4.78 is 11.1. The molecule has 0 radical (unpaired) electrons. The molecular formula is C18H18N2O3. The van der Waals surface area contributed by atoms with E-state index in [1.54, 1.807) is 6.92 Å². The van der Waals surface area contributed by atoms with Crippen LogP contribution in [-0.4, -0.2) is 25.7 Å². The highest BCUT2D eigenvalue weighted by atomic mass is 16.6. The van der Waals surface area contributed by atoms with Crippen LogP contribution in [0.25, 0.3) is 0 Å². The highest BCUT2D eigenvalue weighted by Gasteiger charge is 2.22. The van der Waals surface area contributed by atoms with Gasteiger partial charge in [0.1, 0.15) is 13.2 Å². The Morgan fingerprint density at radius 3 is 2.61 bits per heavy atom. The smallest absolute Gasteiger partial charge is 0.223 e. The van der Waals surface area contributed by atoms with E-state index >= 15 is 0 Å². The maximum atomic E-state index is 11.6. The summed E-state index contributed by atoms with van der Waals surface area (Å²) in [5.74, 6) is 1.65. The molecule has 0 aliphatic carbocycles. The lowest BCUT2D eigenvalue weighted by atomic mass is 10.1. The topological polar surface area (TPSA) is 50.8 Å². The molecule has 2 aromatic rings. The minimum Gasteiger partial charge on any atom is -0.486 e. The number of hydrogen-bond acceptors (Lipinski definition) is 4. The largest absolute Gasteiger partial charge is 0.486 e. The monoisotopic (exact) mass is 310 g/mol. The summed E-state index contributed by atoms with van der Waals surface area (Å²) in [5, 5.41) is 3.39. The van der Waals surface area contributed by atoms with E-state index in [1.165, 1.54) is 5.56 Å². The third-order valence-corrected chi connectivity index (χ3v) is 4.19. The summed E-state index contributed by atoms with van der Waals surface area (Å²) in [4.78, 5) is 13.4. The second kappa shape index (κ2) is 5.50. The lowest BCUT2D eigenvalue weighted by Gasteiger charge is -2.19. The van der Waals surface area contributed by atoms with Crippen molar-refractivity contribution >= 4 is 23.0 Å². The van der Waals surface area contributed by atoms with Gasteiger partial charge >= 0.3 is 0 Å². The predicted molar refractivity (Wildman–Crippen MR) is 88.9 cm³/mol. The second-order valence-electron chi connectivity index (χ2n) is 5.75. The molecule has 2 heterocycles. The number of nitrogens with one attached hydrogen (secondary N) is 1. The molecule has 5 nitrogen and oxygen atoms in total. The van der Waals surface area contributed by atoms with Crippen LogP contribution in [0.3, 0.4) is 0 Å². The average Bonchev–Trinajstić information content (AvgIpc) is 2.98. The summed E-state index contributed by atoms with van der Waals surface area (Å²) in [6, 6.07) is 11.9. The van der Waals surface area contributed by atoms with Crippen molar-refractivity contribution in [2.45, 2.75) is 13.3 Å². The number of fused-ring (bicyclic) bond motifs is 2. The van der Waals surface area contributed by atoms with Crippen LogP contribution in [0.5, 0.6) is 11.5 Å². The molecule has 0 saturated heterocycles. The zero-order valence-electron chi connectivity index (χ0n) is 13.0. The Bertz CT molecular complexity index is 773. The summed E-state index contributed by atoms with van der Waals surface area (Å²) in [6.45, 7) is 3.54. The summed E-state index contributed by atoms with van der Waals surface area (Å²) >= 11 is 0. The minimum atomic E-state index is 0.0938. The van der Waals surface area contributed by atoms with E-state index in [0.29, 0.717) is 13.2 Å². The van der Waals surface area contributed by atoms with Gasteiger partial charge in [-0.3, -0.25) is 4.79 Å². The molecule has 0 unspecified atom stereocenters. The summed E-state index contributed by atoms with van der Waals surface area (Å²) in [7, 11) is 0. The number of amides is 1. The predicted octanol–water partition coefficient (Wildman–Crippen LogP) is 3.11. The molecule has 2 aromatic carbocycles. The van der Waals surface area contributed by atoms with E-state index in [-0.39, 0.29) is 5.91 Å². The van der Waals surface area contributed by atoms with Crippen molar-refractivity contribution in [1.29, 1.82) is 0 Å². The average molecular weight is 310 g/mol. The van der Waals surface area contributed by atoms with Gasteiger partial charge in [-0.25, -0.2) is 0 Å². The second-order valence-corrected chi connectivity index (χ2v) is 5.75. The summed E-state index contributed by atoms with van der Waals surface area (Å²) in [5.41, 5.74) is 4.18. The Hall–Kier alpha value is -2.69. The first-order valence-electron chi connectivity index (χ1n) is 7.78. The third-order valence-electron chi connectivity index (χ3n) is 4.19. The summed E-state index contributed by atoms with van der Waals surface area (Å²) in [6.07, 6.45) is 0.894. The van der Waals surface area contributed by atoms with E-state index in [9.17, 15) is 4.79 Å². The van der Waals surface area contributed by atoms with E-state index < -0.39 is 0 Å². The zero-order valence-corrected chi connectivity index (χ0v) is 13.0. The number of benzene rings is 2. The van der Waals surface area contributed by atoms with Gasteiger partial charge in [-0.1, -0.05) is 0 Å². The molecule has 2 aliphatic rings. The molecule has 118 valence electrons. The molecule has 1 amide bonds. The Morgan fingerprint density at radius 1 is 1.04 bits per heavy atom. The molecule has 0 saturated carbocycles. The van der Waals surface area contributed by atoms with E-state index in [4.69, 9.17) is 9.47 Å². The number of carbonyl (C=O) groups excluding carboxylic acids is 1. The van der Waals surface area contributed by atoms with Gasteiger partial charge in [0.15, 0.2) is 11.5 Å². The lowest BCUT2D eigenvalue weighted by molar-refractivity contribution is -0.116. The van der Waals surface area contributed by atoms with Crippen LogP contribution in [0.15, 0.2) is 36.4 Å². The van der Waals surface area contributed by atoms with Crippen LogP contribution in [0.4, 0.5) is 17.1 Å². The van der Waals surface area contributed by atoms with Gasteiger partial charge in [0, 0.05) is 36.6 Å². The molecule has 0 atom stereocenters. The van der Waals surface area contributed by atoms with Crippen molar-refractivity contribution < 1.29 is 14.3 Å². The first kappa shape index (κ1) is 13.9. The number of ether oxygens (including phenoxy) is 2. The van der Waals surface area contributed by atoms with Crippen LogP contribution in [0.2, 0.25) is 0 Å². The van der Waals surface area contributed by atoms with Gasteiger partial charge in [0.25, 0.3) is 0 Å². The number of hydrogen-bond donors (Lipinski definition) is 1. The number of rotatable bonds is 2. The Balaban J connectivity index is 1.57. The number of carbonyl (C=O) groups is 1. The van der Waals surface area contributed by atoms with Gasteiger partial charge in [-0.15, -0.1) is 0 Å². The molecular weight excluding hydrogens is 292 g/mol. The highest BCUT2D eigenvalue weighted by molar-refractivity contribution is 5.94. The first-order valence-corrected chi connectivity index (χ1v) is 7.78. The fraction of sp³-hybridized carbons (Fsp3) is 0.278. The van der Waals surface area contributed by atoms with Gasteiger partial charge in [0.05, 0.1) is 0 Å². The van der Waals surface area contributed by atoms with E-state index in [1.807, 2.05) is 35.2 Å². The molecule has 1 N–H and O–H groups in total. The van der Waals surface area contributed by atoms with E-state index in [2.05, 4.69) is 11.4 Å². The van der Waals surface area contributed by atoms with Crippen LogP contribution >= 0.6 is 0 Å². The van der Waals surface area contributed by atoms with Gasteiger partial charge in [-0.2, -0.15) is 0 Å². The standard InChI is InChI=1S/C18H18N2O3/c1-12(21)20-7-6-13-10-14(2-4-16(13)20)19-15-3-5-17-18(11-15)23-9-8-22-17/h2-5,10-11,19H,6-9H2,1H3. The normalized spacial score (nSPS) is 15.3. The van der Waals surface area contributed by atoms with Crippen molar-refractivity contribution in [3.63, 3.8) is 0 Å². The molecule has 5 heteroatoms. The first-order chi connectivity index (χ1) is 11.2. The Labute approximate surface area is 134 Å². The quantitative estimate of drug-likeness (QED) is 0.926. The van der Waals surface area contributed by atoms with Crippen molar-refractivity contribution in [2.24, 2.45) is 0 Å². The molecule has 0 fully saturated rings. The molecule has 23 heavy (non-hydrogen) atoms. The number of anilines is 3.